The fourth-order valence-corrected chi connectivity index (χ4v) is 6.16. The summed E-state index contributed by atoms with van der Waals surface area (Å²) < 4.78 is 71.9. The zero-order valence-electron chi connectivity index (χ0n) is 20.6. The molecule has 0 aromatic heterocycles. The summed E-state index contributed by atoms with van der Waals surface area (Å²) >= 11 is 1.35. The Morgan fingerprint density at radius 2 is 1.78 bits per heavy atom. The van der Waals surface area contributed by atoms with E-state index in [2.05, 4.69) is 14.6 Å². The van der Waals surface area contributed by atoms with Crippen molar-refractivity contribution in [1.29, 1.82) is 0 Å². The number of ether oxygens (including phenoxy) is 1. The third kappa shape index (κ3) is 10.2. The first kappa shape index (κ1) is 30.0. The van der Waals surface area contributed by atoms with Gasteiger partial charge in [-0.1, -0.05) is 37.5 Å². The normalized spacial score (nSPS) is 16.1. The van der Waals surface area contributed by atoms with Crippen molar-refractivity contribution < 1.29 is 36.3 Å². The van der Waals surface area contributed by atoms with Crippen LogP contribution in [0.1, 0.15) is 62.5 Å². The molecule has 0 radical (unpaired) electrons. The number of hydrogen-bond donors (Lipinski definition) is 2. The summed E-state index contributed by atoms with van der Waals surface area (Å²) in [4.78, 5) is 9.07. The third-order valence-electron chi connectivity index (χ3n) is 6.61. The van der Waals surface area contributed by atoms with Crippen LogP contribution in [0, 0.1) is 5.82 Å². The topological polar surface area (TPSA) is 67.8 Å². The molecule has 2 N–H and O–H groups in total. The van der Waals surface area contributed by atoms with E-state index in [4.69, 9.17) is 4.89 Å². The molecule has 1 unspecified atom stereocenters. The monoisotopic (exact) mass is 563 g/mol. The molecule has 2 aromatic rings. The zero-order valence-corrected chi connectivity index (χ0v) is 22.4. The lowest BCUT2D eigenvalue weighted by Gasteiger charge is -2.30. The van der Waals surface area contributed by atoms with Crippen LogP contribution in [-0.4, -0.2) is 30.2 Å². The molecule has 1 atom stereocenters. The summed E-state index contributed by atoms with van der Waals surface area (Å²) in [5.41, 5.74) is 1.89. The van der Waals surface area contributed by atoms with Gasteiger partial charge in [0, 0.05) is 11.4 Å². The zero-order chi connectivity index (χ0) is 26.7. The molecule has 0 spiro atoms. The highest BCUT2D eigenvalue weighted by Gasteiger charge is 2.35. The predicted molar refractivity (Wildman–Crippen MR) is 138 cm³/mol. The number of unbranched alkanes of at least 4 members (excludes halogenated alkanes) is 1. The molecule has 206 valence electrons. The number of hydrogen-bond acceptors (Lipinski definition) is 5. The van der Waals surface area contributed by atoms with E-state index < -0.39 is 14.6 Å². The second-order valence-corrected chi connectivity index (χ2v) is 11.2. The van der Waals surface area contributed by atoms with Crippen molar-refractivity contribution in [3.05, 3.63) is 59.4 Å². The van der Waals surface area contributed by atoms with Crippen LogP contribution in [0.3, 0.4) is 0 Å². The highest BCUT2D eigenvalue weighted by atomic mass is 32.2. The molecular formula is C26H34F4NO4PS. The van der Waals surface area contributed by atoms with E-state index in [9.17, 15) is 22.1 Å². The van der Waals surface area contributed by atoms with E-state index >= 15 is 0 Å². The van der Waals surface area contributed by atoms with Gasteiger partial charge >= 0.3 is 14.6 Å². The SMILES string of the molecule is O=[PH](O)OCCCNCc1ccc(SCCCCC2(c3ccc(F)cc3)CCCC2)c(OC(F)(F)F)c1. The summed E-state index contributed by atoms with van der Waals surface area (Å²) in [5.74, 6) is 0.218. The van der Waals surface area contributed by atoms with Crippen LogP contribution in [0.4, 0.5) is 17.6 Å². The summed E-state index contributed by atoms with van der Waals surface area (Å²) in [6.45, 7) is 0.948. The van der Waals surface area contributed by atoms with Gasteiger partial charge in [-0.15, -0.1) is 24.9 Å². The maximum atomic E-state index is 13.4. The summed E-state index contributed by atoms with van der Waals surface area (Å²) in [7, 11) is -2.95. The number of alkyl halides is 3. The molecule has 2 aromatic carbocycles. The third-order valence-corrected chi connectivity index (χ3v) is 8.20. The Kier molecular flexibility index (Phi) is 11.8. The quantitative estimate of drug-likeness (QED) is 0.102. The Balaban J connectivity index is 1.50. The molecule has 5 nitrogen and oxygen atoms in total. The Bertz CT molecular complexity index is 1000. The summed E-state index contributed by atoms with van der Waals surface area (Å²) in [6.07, 6.45) is 2.97. The molecule has 1 aliphatic carbocycles. The number of nitrogens with one attached hydrogen (secondary N) is 1. The van der Waals surface area contributed by atoms with Gasteiger partial charge in [-0.05, 0) is 85.2 Å². The van der Waals surface area contributed by atoms with Crippen molar-refractivity contribution >= 4 is 20.0 Å². The molecule has 0 bridgehead atoms. The van der Waals surface area contributed by atoms with Crippen LogP contribution in [0.2, 0.25) is 0 Å². The van der Waals surface area contributed by atoms with Gasteiger partial charge in [0.05, 0.1) is 6.61 Å². The van der Waals surface area contributed by atoms with Crippen LogP contribution >= 0.6 is 20.0 Å². The maximum Gasteiger partial charge on any atom is 0.573 e. The molecule has 0 amide bonds. The van der Waals surface area contributed by atoms with Gasteiger partial charge in [0.2, 0.25) is 0 Å². The van der Waals surface area contributed by atoms with E-state index in [-0.39, 0.29) is 23.6 Å². The molecule has 37 heavy (non-hydrogen) atoms. The van der Waals surface area contributed by atoms with E-state index in [0.29, 0.717) is 35.7 Å². The lowest BCUT2D eigenvalue weighted by Crippen LogP contribution is -2.22. The van der Waals surface area contributed by atoms with Gasteiger partial charge in [0.25, 0.3) is 0 Å². The molecule has 11 heteroatoms. The van der Waals surface area contributed by atoms with Crippen LogP contribution in [-0.2, 0) is 21.0 Å². The van der Waals surface area contributed by atoms with Gasteiger partial charge < -0.3 is 19.5 Å². The molecular weight excluding hydrogens is 529 g/mol. The first-order valence-electron chi connectivity index (χ1n) is 12.5. The fraction of sp³-hybridized carbons (Fsp3) is 0.538. The number of benzene rings is 2. The minimum absolute atomic E-state index is 0.0693. The average Bonchev–Trinajstić information content (AvgIpc) is 3.31. The van der Waals surface area contributed by atoms with Gasteiger partial charge in [-0.25, -0.2) is 4.39 Å². The molecule has 0 aliphatic heterocycles. The Hall–Kier alpha value is -1.58. The number of halogens is 4. The maximum absolute atomic E-state index is 13.4. The van der Waals surface area contributed by atoms with Crippen LogP contribution in [0.25, 0.3) is 0 Å². The molecule has 1 fully saturated rings. The van der Waals surface area contributed by atoms with E-state index in [0.717, 1.165) is 44.9 Å². The molecule has 0 saturated heterocycles. The van der Waals surface area contributed by atoms with Crippen LogP contribution in [0.5, 0.6) is 5.75 Å². The first-order valence-corrected chi connectivity index (χ1v) is 14.8. The highest BCUT2D eigenvalue weighted by molar-refractivity contribution is 7.99. The minimum atomic E-state index is -4.79. The van der Waals surface area contributed by atoms with Gasteiger partial charge in [-0.3, -0.25) is 4.57 Å². The molecule has 1 saturated carbocycles. The Labute approximate surface area is 220 Å². The van der Waals surface area contributed by atoms with Crippen LogP contribution < -0.4 is 10.1 Å². The largest absolute Gasteiger partial charge is 0.573 e. The second kappa shape index (κ2) is 14.5. The Morgan fingerprint density at radius 1 is 1.05 bits per heavy atom. The Morgan fingerprint density at radius 3 is 2.46 bits per heavy atom. The van der Waals surface area contributed by atoms with Crippen molar-refractivity contribution in [3.63, 3.8) is 0 Å². The lowest BCUT2D eigenvalue weighted by molar-refractivity contribution is -0.275. The van der Waals surface area contributed by atoms with E-state index in [1.807, 2.05) is 12.1 Å². The van der Waals surface area contributed by atoms with Crippen molar-refractivity contribution in [3.8, 4) is 5.75 Å². The van der Waals surface area contributed by atoms with Crippen molar-refractivity contribution in [2.45, 2.75) is 74.6 Å². The molecule has 1 aliphatic rings. The lowest BCUT2D eigenvalue weighted by atomic mass is 9.75. The van der Waals surface area contributed by atoms with Crippen molar-refractivity contribution in [2.75, 3.05) is 18.9 Å². The number of thioether (sulfide) groups is 1. The minimum Gasteiger partial charge on any atom is -0.405 e. The number of rotatable bonds is 15. The van der Waals surface area contributed by atoms with Gasteiger partial charge in [0.15, 0.2) is 0 Å². The highest BCUT2D eigenvalue weighted by Crippen LogP contribution is 2.45. The van der Waals surface area contributed by atoms with Crippen LogP contribution in [0.15, 0.2) is 47.4 Å². The van der Waals surface area contributed by atoms with Gasteiger partial charge in [-0.2, -0.15) is 0 Å². The second-order valence-electron chi connectivity index (χ2n) is 9.27. The van der Waals surface area contributed by atoms with E-state index in [1.54, 1.807) is 12.1 Å². The van der Waals surface area contributed by atoms with E-state index in [1.165, 1.54) is 35.5 Å². The summed E-state index contributed by atoms with van der Waals surface area (Å²) in [5, 5.41) is 3.07. The van der Waals surface area contributed by atoms with Crippen molar-refractivity contribution in [2.24, 2.45) is 0 Å². The average molecular weight is 564 g/mol. The summed E-state index contributed by atoms with van der Waals surface area (Å²) in [6, 6.07) is 11.6. The molecule has 0 heterocycles. The smallest absolute Gasteiger partial charge is 0.405 e. The molecule has 3 rings (SSSR count). The van der Waals surface area contributed by atoms with Crippen molar-refractivity contribution in [1.82, 2.24) is 5.32 Å². The van der Waals surface area contributed by atoms with Gasteiger partial charge in [0.1, 0.15) is 11.6 Å². The predicted octanol–water partition coefficient (Wildman–Crippen LogP) is 7.38. The fourth-order valence-electron chi connectivity index (χ4n) is 4.86. The standard InChI is InChI=1S/C26H34F4NO4PS/c27-22-9-7-21(8-10-22)25(12-1-2-13-25)14-3-4-17-37-24-11-6-20(18-23(24)35-26(28,29)30)19-31-15-5-16-34-36(32)33/h6-11,18,31,36H,1-5,12-17,19H2,(H,32,33). The first-order chi connectivity index (χ1) is 17.7.